The lowest BCUT2D eigenvalue weighted by molar-refractivity contribution is -0.274. The van der Waals surface area contributed by atoms with Crippen LogP contribution in [0.1, 0.15) is 36.5 Å². The number of rotatable bonds is 10. The molecule has 0 fully saturated rings. The van der Waals surface area contributed by atoms with Crippen LogP contribution in [0.15, 0.2) is 72.8 Å². The molecule has 0 aliphatic rings. The number of unbranched alkanes of at least 4 members (excludes halogenated alkanes) is 1. The summed E-state index contributed by atoms with van der Waals surface area (Å²) in [7, 11) is 0. The van der Waals surface area contributed by atoms with Crippen molar-refractivity contribution in [2.45, 2.75) is 44.8 Å². The zero-order valence-electron chi connectivity index (χ0n) is 18.4. The van der Waals surface area contributed by atoms with Crippen LogP contribution in [0.5, 0.6) is 17.2 Å². The first-order chi connectivity index (χ1) is 16.4. The smallest absolute Gasteiger partial charge is 0.429 e. The molecule has 35 heavy (non-hydrogen) atoms. The van der Waals surface area contributed by atoms with Gasteiger partial charge in [-0.3, -0.25) is 0 Å². The lowest BCUT2D eigenvalue weighted by atomic mass is 10.1. The maximum absolute atomic E-state index is 14.5. The Morgan fingerprint density at radius 3 is 1.31 bits per heavy atom. The van der Waals surface area contributed by atoms with Gasteiger partial charge in [0.25, 0.3) is 0 Å². The molecule has 10 heteroatoms. The summed E-state index contributed by atoms with van der Waals surface area (Å²) in [5, 5.41) is 0. The molecule has 0 unspecified atom stereocenters. The van der Waals surface area contributed by atoms with Gasteiger partial charge in [0.2, 0.25) is 0 Å². The lowest BCUT2D eigenvalue weighted by Crippen LogP contribution is -2.23. The molecule has 3 nitrogen and oxygen atoms in total. The van der Waals surface area contributed by atoms with Gasteiger partial charge < -0.3 is 14.2 Å². The third-order valence-corrected chi connectivity index (χ3v) is 4.85. The molecule has 0 N–H and O–H groups in total. The van der Waals surface area contributed by atoms with Crippen molar-refractivity contribution in [2.75, 3.05) is 0 Å². The second-order valence-corrected chi connectivity index (χ2v) is 7.58. The molecule has 0 aromatic heterocycles. The number of aryl methyl sites for hydroxylation is 1. The molecular weight excluding hydrogens is 481 g/mol. The summed E-state index contributed by atoms with van der Waals surface area (Å²) in [4.78, 5) is 0. The van der Waals surface area contributed by atoms with Gasteiger partial charge in [-0.2, -0.15) is 17.6 Å². The highest BCUT2D eigenvalue weighted by atomic mass is 19.4. The number of alkyl halides is 7. The SMILES string of the molecule is CCCCc1ccc(C(F)(F)Oc2ccc(C(F)(F)Oc3ccc(OC(F)(F)F)cc3)cc2)cc1. The van der Waals surface area contributed by atoms with Crippen LogP contribution < -0.4 is 14.2 Å². The molecule has 0 aliphatic carbocycles. The Morgan fingerprint density at radius 1 is 0.543 bits per heavy atom. The van der Waals surface area contributed by atoms with E-state index in [1.807, 2.05) is 6.92 Å². The third kappa shape index (κ3) is 7.53. The molecule has 0 saturated heterocycles. The van der Waals surface area contributed by atoms with Crippen LogP contribution in [0.4, 0.5) is 30.7 Å². The van der Waals surface area contributed by atoms with E-state index in [-0.39, 0.29) is 11.3 Å². The summed E-state index contributed by atoms with van der Waals surface area (Å²) in [5.41, 5.74) is -0.141. The van der Waals surface area contributed by atoms with E-state index in [2.05, 4.69) is 9.47 Å². The average Bonchev–Trinajstić information content (AvgIpc) is 2.78. The van der Waals surface area contributed by atoms with Crippen molar-refractivity contribution >= 4 is 0 Å². The molecule has 0 atom stereocenters. The number of ether oxygens (including phenoxy) is 3. The van der Waals surface area contributed by atoms with Crippen LogP contribution in [0.2, 0.25) is 0 Å². The van der Waals surface area contributed by atoms with Crippen LogP contribution in [0, 0.1) is 0 Å². The molecule has 188 valence electrons. The maximum Gasteiger partial charge on any atom is 0.573 e. The number of halogens is 7. The zero-order valence-corrected chi connectivity index (χ0v) is 18.4. The molecule has 3 aromatic carbocycles. The molecule has 3 rings (SSSR count). The fraction of sp³-hybridized carbons (Fsp3) is 0.280. The summed E-state index contributed by atoms with van der Waals surface area (Å²) < 4.78 is 107. The highest BCUT2D eigenvalue weighted by Crippen LogP contribution is 2.36. The number of hydrogen-bond acceptors (Lipinski definition) is 3. The molecule has 0 amide bonds. The first-order valence-corrected chi connectivity index (χ1v) is 10.6. The monoisotopic (exact) mass is 502 g/mol. The Kier molecular flexibility index (Phi) is 7.82. The number of benzene rings is 3. The normalized spacial score (nSPS) is 12.3. The quantitative estimate of drug-likeness (QED) is 0.262. The zero-order chi connectivity index (χ0) is 25.7. The van der Waals surface area contributed by atoms with E-state index in [1.165, 1.54) is 12.1 Å². The third-order valence-electron chi connectivity index (χ3n) is 4.85. The van der Waals surface area contributed by atoms with Crippen molar-refractivity contribution in [3.63, 3.8) is 0 Å². The summed E-state index contributed by atoms with van der Waals surface area (Å²) in [5.74, 6) is -1.39. The van der Waals surface area contributed by atoms with Crippen LogP contribution in [0.25, 0.3) is 0 Å². The van der Waals surface area contributed by atoms with Gasteiger partial charge in [0.15, 0.2) is 0 Å². The van der Waals surface area contributed by atoms with E-state index in [9.17, 15) is 30.7 Å². The molecular formula is C25H21F7O3. The topological polar surface area (TPSA) is 27.7 Å². The van der Waals surface area contributed by atoms with E-state index in [0.717, 1.165) is 73.4 Å². The van der Waals surface area contributed by atoms with E-state index in [4.69, 9.17) is 4.74 Å². The van der Waals surface area contributed by atoms with Gasteiger partial charge in [-0.1, -0.05) is 25.5 Å². The van der Waals surface area contributed by atoms with Crippen molar-refractivity contribution in [1.29, 1.82) is 0 Å². The van der Waals surface area contributed by atoms with Crippen molar-refractivity contribution in [3.8, 4) is 17.2 Å². The highest BCUT2D eigenvalue weighted by Gasteiger charge is 2.37. The molecule has 0 saturated carbocycles. The van der Waals surface area contributed by atoms with Crippen LogP contribution in [-0.4, -0.2) is 6.36 Å². The Bertz CT molecular complexity index is 1080. The van der Waals surface area contributed by atoms with Crippen LogP contribution in [0.3, 0.4) is 0 Å². The second-order valence-electron chi connectivity index (χ2n) is 7.58. The van der Waals surface area contributed by atoms with Gasteiger partial charge in [0.1, 0.15) is 17.2 Å². The predicted octanol–water partition coefficient (Wildman–Crippen LogP) is 8.18. The maximum atomic E-state index is 14.5. The summed E-state index contributed by atoms with van der Waals surface area (Å²) >= 11 is 0. The minimum atomic E-state index is -4.93. The average molecular weight is 502 g/mol. The molecule has 0 aliphatic heterocycles. The first kappa shape index (κ1) is 26.2. The van der Waals surface area contributed by atoms with Crippen molar-refractivity contribution in [2.24, 2.45) is 0 Å². The van der Waals surface area contributed by atoms with Crippen molar-refractivity contribution in [1.82, 2.24) is 0 Å². The lowest BCUT2D eigenvalue weighted by Gasteiger charge is -2.21. The summed E-state index contributed by atoms with van der Waals surface area (Å²) in [6.45, 7) is 2.03. The molecule has 0 spiro atoms. The molecule has 0 heterocycles. The van der Waals surface area contributed by atoms with Gasteiger partial charge >= 0.3 is 18.6 Å². The summed E-state index contributed by atoms with van der Waals surface area (Å²) in [6, 6.07) is 12.6. The van der Waals surface area contributed by atoms with Crippen molar-refractivity contribution in [3.05, 3.63) is 89.5 Å². The van der Waals surface area contributed by atoms with Gasteiger partial charge in [0, 0.05) is 0 Å². The Hall–Kier alpha value is -3.43. The largest absolute Gasteiger partial charge is 0.573 e. The van der Waals surface area contributed by atoms with Crippen LogP contribution in [-0.2, 0) is 18.6 Å². The Morgan fingerprint density at radius 2 is 0.914 bits per heavy atom. The Labute approximate surface area is 197 Å². The molecule has 0 radical (unpaired) electrons. The first-order valence-electron chi connectivity index (χ1n) is 10.6. The molecule has 0 bridgehead atoms. The standard InChI is InChI=1S/C25H21F7O3/c1-2-3-4-17-5-7-18(8-6-17)23(26,27)33-20-11-9-19(10-12-20)24(28,29)34-21-13-15-22(16-14-21)35-25(30,31)32/h5-16H,2-4H2,1H3. The van der Waals surface area contributed by atoms with E-state index in [1.54, 1.807) is 12.1 Å². The Balaban J connectivity index is 1.65. The van der Waals surface area contributed by atoms with Gasteiger partial charge in [0.05, 0.1) is 11.1 Å². The molecule has 3 aromatic rings. The minimum Gasteiger partial charge on any atom is -0.429 e. The van der Waals surface area contributed by atoms with E-state index < -0.39 is 35.6 Å². The highest BCUT2D eigenvalue weighted by molar-refractivity contribution is 5.34. The van der Waals surface area contributed by atoms with Crippen LogP contribution >= 0.6 is 0 Å². The van der Waals surface area contributed by atoms with Crippen molar-refractivity contribution < 1.29 is 44.9 Å². The van der Waals surface area contributed by atoms with E-state index in [0.29, 0.717) is 0 Å². The van der Waals surface area contributed by atoms with E-state index >= 15 is 0 Å². The fourth-order valence-electron chi connectivity index (χ4n) is 3.09. The fourth-order valence-corrected chi connectivity index (χ4v) is 3.09. The van der Waals surface area contributed by atoms with Gasteiger partial charge in [-0.15, -0.1) is 13.2 Å². The second kappa shape index (κ2) is 10.5. The minimum absolute atomic E-state index is 0.349. The number of hydrogen-bond donors (Lipinski definition) is 0. The van der Waals surface area contributed by atoms with Gasteiger partial charge in [-0.05, 0) is 79.1 Å². The summed E-state index contributed by atoms with van der Waals surface area (Å²) in [6.07, 6.45) is -9.84. The van der Waals surface area contributed by atoms with Gasteiger partial charge in [-0.25, -0.2) is 0 Å². The predicted molar refractivity (Wildman–Crippen MR) is 114 cm³/mol.